The summed E-state index contributed by atoms with van der Waals surface area (Å²) < 4.78 is 2.35. The molecule has 0 unspecified atom stereocenters. The summed E-state index contributed by atoms with van der Waals surface area (Å²) in [6.07, 6.45) is 2.32. The largest absolute Gasteiger partial charge is 0.314 e. The van der Waals surface area contributed by atoms with Gasteiger partial charge in [-0.15, -0.1) is 0 Å². The molecule has 0 amide bonds. The highest BCUT2D eigenvalue weighted by Crippen LogP contribution is 2.35. The molecule has 19 heavy (non-hydrogen) atoms. The van der Waals surface area contributed by atoms with Gasteiger partial charge in [0.1, 0.15) is 0 Å². The molecule has 0 atom stereocenters. The Balaban J connectivity index is 2.44. The van der Waals surface area contributed by atoms with Crippen molar-refractivity contribution in [2.45, 2.75) is 46.3 Å². The van der Waals surface area contributed by atoms with Gasteiger partial charge in [0.2, 0.25) is 8.24 Å². The molecule has 1 heterocycles. The first-order valence-corrected chi connectivity index (χ1v) is 9.81. The molecular weight excluding hydrogens is 248 g/mol. The second-order valence-corrected chi connectivity index (χ2v) is 10.8. The van der Waals surface area contributed by atoms with Gasteiger partial charge in [0, 0.05) is 5.54 Å². The fourth-order valence-corrected chi connectivity index (χ4v) is 6.63. The summed E-state index contributed by atoms with van der Waals surface area (Å²) in [5.41, 5.74) is 2.53. The van der Waals surface area contributed by atoms with Crippen LogP contribution in [0.1, 0.15) is 33.3 Å². The molecule has 0 N–H and O–H groups in total. The van der Waals surface area contributed by atoms with Crippen LogP contribution in [0.2, 0.25) is 13.1 Å². The Bertz CT molecular complexity index is 521. The zero-order valence-corrected chi connectivity index (χ0v) is 13.9. The molecule has 0 fully saturated rings. The van der Waals surface area contributed by atoms with E-state index in [0.717, 1.165) is 0 Å². The van der Waals surface area contributed by atoms with Crippen LogP contribution in [0.4, 0.5) is 0 Å². The quantitative estimate of drug-likeness (QED) is 0.696. The number of rotatable bonds is 1. The van der Waals surface area contributed by atoms with Crippen molar-refractivity contribution in [1.82, 2.24) is 4.67 Å². The van der Waals surface area contributed by atoms with E-state index in [2.05, 4.69) is 81.9 Å². The second kappa shape index (κ2) is 4.64. The molecule has 1 aromatic rings. The van der Waals surface area contributed by atoms with E-state index < -0.39 is 8.24 Å². The normalized spacial score (nSPS) is 20.8. The minimum absolute atomic E-state index is 0.0866. The fourth-order valence-electron chi connectivity index (χ4n) is 2.87. The summed E-state index contributed by atoms with van der Waals surface area (Å²) in [5.74, 6) is 0. The predicted octanol–water partition coefficient (Wildman–Crippen LogP) is 4.30. The number of nitrogens with zero attached hydrogens (tertiary/aromatic N) is 2. The van der Waals surface area contributed by atoms with Crippen LogP contribution in [0.5, 0.6) is 0 Å². The monoisotopic (exact) mass is 272 g/mol. The van der Waals surface area contributed by atoms with Crippen LogP contribution in [-0.2, 0) is 0 Å². The average Bonchev–Trinajstić information content (AvgIpc) is 2.53. The van der Waals surface area contributed by atoms with E-state index in [-0.39, 0.29) is 5.54 Å². The van der Waals surface area contributed by atoms with E-state index in [4.69, 9.17) is 5.10 Å². The van der Waals surface area contributed by atoms with Crippen molar-refractivity contribution in [3.8, 4) is 0 Å². The maximum absolute atomic E-state index is 4.83. The Hall–Kier alpha value is -1.35. The summed E-state index contributed by atoms with van der Waals surface area (Å²) in [6, 6.07) is 10.5. The van der Waals surface area contributed by atoms with Crippen molar-refractivity contribution in [2.24, 2.45) is 5.10 Å². The van der Waals surface area contributed by atoms with Crippen molar-refractivity contribution >= 4 is 20.0 Å². The van der Waals surface area contributed by atoms with Crippen molar-refractivity contribution < 1.29 is 0 Å². The topological polar surface area (TPSA) is 15.6 Å². The first-order valence-electron chi connectivity index (χ1n) is 6.86. The van der Waals surface area contributed by atoms with E-state index in [1.165, 1.54) is 16.5 Å². The van der Waals surface area contributed by atoms with Crippen LogP contribution in [-0.4, -0.2) is 24.2 Å². The third-order valence-electron chi connectivity index (χ3n) is 3.57. The summed E-state index contributed by atoms with van der Waals surface area (Å²) in [5, 5.41) is 6.27. The minimum Gasteiger partial charge on any atom is -0.314 e. The van der Waals surface area contributed by atoms with E-state index >= 15 is 0 Å². The van der Waals surface area contributed by atoms with Crippen LogP contribution >= 0.6 is 0 Å². The van der Waals surface area contributed by atoms with Crippen molar-refractivity contribution in [3.63, 3.8) is 0 Å². The van der Waals surface area contributed by atoms with Crippen molar-refractivity contribution in [2.75, 3.05) is 0 Å². The lowest BCUT2D eigenvalue weighted by Gasteiger charge is -2.40. The van der Waals surface area contributed by atoms with Gasteiger partial charge in [0.25, 0.3) is 0 Å². The first-order chi connectivity index (χ1) is 8.73. The average molecular weight is 272 g/mol. The van der Waals surface area contributed by atoms with Crippen LogP contribution in [0.15, 0.2) is 40.6 Å². The Kier molecular flexibility index (Phi) is 3.43. The fraction of sp³-hybridized carbons (Fsp3) is 0.438. The maximum Gasteiger partial charge on any atom is 0.205 e. The molecule has 2 nitrogen and oxygen atoms in total. The van der Waals surface area contributed by atoms with E-state index in [9.17, 15) is 0 Å². The highest BCUT2D eigenvalue weighted by Gasteiger charge is 2.44. The van der Waals surface area contributed by atoms with Gasteiger partial charge in [-0.2, -0.15) is 5.10 Å². The highest BCUT2D eigenvalue weighted by atomic mass is 28.3. The lowest BCUT2D eigenvalue weighted by molar-refractivity contribution is 0.257. The van der Waals surface area contributed by atoms with Crippen molar-refractivity contribution in [3.05, 3.63) is 41.1 Å². The molecule has 0 radical (unpaired) electrons. The third kappa shape index (κ3) is 2.66. The Morgan fingerprint density at radius 3 is 2.16 bits per heavy atom. The second-order valence-electron chi connectivity index (χ2n) is 6.70. The van der Waals surface area contributed by atoms with Gasteiger partial charge in [-0.1, -0.05) is 36.4 Å². The molecule has 2 rings (SSSR count). The summed E-state index contributed by atoms with van der Waals surface area (Å²) >= 11 is 0. The van der Waals surface area contributed by atoms with Gasteiger partial charge in [0.05, 0.1) is 5.71 Å². The molecule has 102 valence electrons. The molecule has 0 saturated carbocycles. The first kappa shape index (κ1) is 14.1. The predicted molar refractivity (Wildman–Crippen MR) is 86.6 cm³/mol. The van der Waals surface area contributed by atoms with Crippen LogP contribution < -0.4 is 0 Å². The maximum atomic E-state index is 4.83. The lowest BCUT2D eigenvalue weighted by Crippen LogP contribution is -2.53. The molecule has 1 aliphatic heterocycles. The summed E-state index contributed by atoms with van der Waals surface area (Å²) in [6.45, 7) is 13.6. The van der Waals surface area contributed by atoms with Gasteiger partial charge >= 0.3 is 0 Å². The molecule has 0 aliphatic carbocycles. The number of hydrazone groups is 1. The molecule has 0 spiro atoms. The standard InChI is InChI=1S/C16H24N2Si/c1-13-15(12-14-10-8-7-9-11-14)19(5,6)18(17-13)16(2,3)4/h7-12H,1-6H3. The molecule has 3 heteroatoms. The van der Waals surface area contributed by atoms with Gasteiger partial charge in [-0.05, 0) is 51.5 Å². The third-order valence-corrected chi connectivity index (χ3v) is 7.23. The zero-order chi connectivity index (χ0) is 14.3. The van der Waals surface area contributed by atoms with Crippen LogP contribution in [0.25, 0.3) is 6.08 Å². The molecule has 0 aromatic heterocycles. The zero-order valence-electron chi connectivity index (χ0n) is 12.9. The van der Waals surface area contributed by atoms with Crippen LogP contribution in [0, 0.1) is 0 Å². The van der Waals surface area contributed by atoms with Crippen molar-refractivity contribution in [1.29, 1.82) is 0 Å². The Labute approximate surface area is 117 Å². The Morgan fingerprint density at radius 2 is 1.68 bits per heavy atom. The van der Waals surface area contributed by atoms with Gasteiger partial charge < -0.3 is 4.67 Å². The number of benzene rings is 1. The minimum atomic E-state index is -1.69. The lowest BCUT2D eigenvalue weighted by atomic mass is 10.1. The smallest absolute Gasteiger partial charge is 0.205 e. The SMILES string of the molecule is CC1=NN(C(C)(C)C)[Si](C)(C)C1=Cc1ccccc1. The number of hydrogen-bond acceptors (Lipinski definition) is 2. The summed E-state index contributed by atoms with van der Waals surface area (Å²) in [4.78, 5) is 0. The number of hydrogen-bond donors (Lipinski definition) is 0. The van der Waals surface area contributed by atoms with E-state index in [1.807, 2.05) is 0 Å². The van der Waals surface area contributed by atoms with Gasteiger partial charge in [0.15, 0.2) is 0 Å². The molecule has 1 aromatic carbocycles. The van der Waals surface area contributed by atoms with E-state index in [0.29, 0.717) is 0 Å². The summed E-state index contributed by atoms with van der Waals surface area (Å²) in [7, 11) is -1.69. The molecule has 1 aliphatic rings. The molecule has 0 saturated heterocycles. The molecule has 0 bridgehead atoms. The van der Waals surface area contributed by atoms with Gasteiger partial charge in [-0.3, -0.25) is 0 Å². The Morgan fingerprint density at radius 1 is 1.11 bits per heavy atom. The molecular formula is C16H24N2Si. The number of allylic oxidation sites excluding steroid dienone is 1. The highest BCUT2D eigenvalue weighted by molar-refractivity contribution is 6.88. The van der Waals surface area contributed by atoms with E-state index in [1.54, 1.807) is 0 Å². The van der Waals surface area contributed by atoms with Gasteiger partial charge in [-0.25, -0.2) is 0 Å². The van der Waals surface area contributed by atoms with Crippen LogP contribution in [0.3, 0.4) is 0 Å².